The van der Waals surface area contributed by atoms with E-state index in [1.54, 1.807) is 7.11 Å². The number of halogens is 1. The fourth-order valence-electron chi connectivity index (χ4n) is 1.87. The van der Waals surface area contributed by atoms with Crippen LogP contribution in [-0.4, -0.2) is 13.7 Å². The van der Waals surface area contributed by atoms with Crippen molar-refractivity contribution in [1.82, 2.24) is 0 Å². The average Bonchev–Trinajstić information content (AvgIpc) is 2.48. The van der Waals surface area contributed by atoms with E-state index in [1.807, 2.05) is 31.2 Å². The Balaban J connectivity index is 2.15. The predicted molar refractivity (Wildman–Crippen MR) is 81.4 cm³/mol. The largest absolute Gasteiger partial charge is 0.497 e. The van der Waals surface area contributed by atoms with Crippen LogP contribution < -0.4 is 9.47 Å². The second-order valence-corrected chi connectivity index (χ2v) is 5.05. The van der Waals surface area contributed by atoms with Crippen molar-refractivity contribution in [2.24, 2.45) is 0 Å². The van der Waals surface area contributed by atoms with Crippen molar-refractivity contribution in [2.75, 3.05) is 13.7 Å². The fraction of sp³-hybridized carbons (Fsp3) is 0.250. The van der Waals surface area contributed by atoms with Gasteiger partial charge in [0.15, 0.2) is 0 Å². The van der Waals surface area contributed by atoms with Crippen molar-refractivity contribution in [3.8, 4) is 11.5 Å². The monoisotopic (exact) mass is 320 g/mol. The molecule has 0 saturated heterocycles. The highest BCUT2D eigenvalue weighted by atomic mass is 79.9. The number of rotatable bonds is 5. The van der Waals surface area contributed by atoms with Crippen LogP contribution in [0.3, 0.4) is 0 Å². The standard InChI is InChI=1S/C16H17BrO2/c1-3-19-15-10-6-13(7-11-15)16(17)12-4-8-14(18-2)9-5-12/h4-11,16H,3H2,1-2H3. The molecule has 0 fully saturated rings. The third kappa shape index (κ3) is 3.51. The molecule has 0 saturated carbocycles. The van der Waals surface area contributed by atoms with Gasteiger partial charge in [-0.25, -0.2) is 0 Å². The second kappa shape index (κ2) is 6.62. The Bertz CT molecular complexity index is 505. The first-order valence-electron chi connectivity index (χ1n) is 6.25. The van der Waals surface area contributed by atoms with Crippen LogP contribution in [0.2, 0.25) is 0 Å². The topological polar surface area (TPSA) is 18.5 Å². The lowest BCUT2D eigenvalue weighted by atomic mass is 10.0. The average molecular weight is 321 g/mol. The third-order valence-electron chi connectivity index (χ3n) is 2.89. The normalized spacial score (nSPS) is 11.9. The van der Waals surface area contributed by atoms with Gasteiger partial charge in [-0.2, -0.15) is 0 Å². The SMILES string of the molecule is CCOc1ccc(C(Br)c2ccc(OC)cc2)cc1. The van der Waals surface area contributed by atoms with Gasteiger partial charge in [0.2, 0.25) is 0 Å². The Kier molecular flexibility index (Phi) is 4.86. The molecule has 0 aromatic heterocycles. The Labute approximate surface area is 122 Å². The van der Waals surface area contributed by atoms with E-state index in [0.717, 1.165) is 11.5 Å². The third-order valence-corrected chi connectivity index (χ3v) is 3.95. The molecule has 0 aliphatic carbocycles. The summed E-state index contributed by atoms with van der Waals surface area (Å²) in [6.45, 7) is 2.67. The van der Waals surface area contributed by atoms with Crippen molar-refractivity contribution >= 4 is 15.9 Å². The van der Waals surface area contributed by atoms with Crippen molar-refractivity contribution < 1.29 is 9.47 Å². The Morgan fingerprint density at radius 1 is 0.895 bits per heavy atom. The Morgan fingerprint density at radius 3 is 1.79 bits per heavy atom. The second-order valence-electron chi connectivity index (χ2n) is 4.14. The summed E-state index contributed by atoms with van der Waals surface area (Å²) in [5.74, 6) is 1.77. The lowest BCUT2D eigenvalue weighted by Crippen LogP contribution is -1.95. The minimum Gasteiger partial charge on any atom is -0.497 e. The minimum atomic E-state index is 0.175. The smallest absolute Gasteiger partial charge is 0.119 e. The van der Waals surface area contributed by atoms with E-state index in [9.17, 15) is 0 Å². The van der Waals surface area contributed by atoms with Crippen molar-refractivity contribution in [2.45, 2.75) is 11.8 Å². The molecular weight excluding hydrogens is 304 g/mol. The van der Waals surface area contributed by atoms with Crippen LogP contribution in [0.25, 0.3) is 0 Å². The van der Waals surface area contributed by atoms with Gasteiger partial charge in [-0.15, -0.1) is 0 Å². The molecule has 0 aliphatic rings. The molecule has 0 N–H and O–H groups in total. The molecule has 2 rings (SSSR count). The Hall–Kier alpha value is -1.48. The van der Waals surface area contributed by atoms with Crippen molar-refractivity contribution in [3.05, 3.63) is 59.7 Å². The maximum atomic E-state index is 5.44. The quantitative estimate of drug-likeness (QED) is 0.751. The summed E-state index contributed by atoms with van der Waals surface area (Å²) >= 11 is 3.72. The molecule has 2 aromatic rings. The number of hydrogen-bond donors (Lipinski definition) is 0. The number of benzene rings is 2. The summed E-state index contributed by atoms with van der Waals surface area (Å²) in [6.07, 6.45) is 0. The molecule has 0 amide bonds. The predicted octanol–water partition coefficient (Wildman–Crippen LogP) is 4.58. The van der Waals surface area contributed by atoms with Crippen molar-refractivity contribution in [3.63, 3.8) is 0 Å². The highest BCUT2D eigenvalue weighted by Crippen LogP contribution is 2.32. The lowest BCUT2D eigenvalue weighted by molar-refractivity contribution is 0.340. The first-order chi connectivity index (χ1) is 9.24. The molecule has 19 heavy (non-hydrogen) atoms. The van der Waals surface area contributed by atoms with Crippen LogP contribution >= 0.6 is 15.9 Å². The molecule has 0 spiro atoms. The van der Waals surface area contributed by atoms with Gasteiger partial charge in [-0.05, 0) is 42.3 Å². The summed E-state index contributed by atoms with van der Waals surface area (Å²) in [4.78, 5) is 0.175. The van der Waals surface area contributed by atoms with E-state index in [1.165, 1.54) is 11.1 Å². The van der Waals surface area contributed by atoms with E-state index in [-0.39, 0.29) is 4.83 Å². The van der Waals surface area contributed by atoms with Gasteiger partial charge < -0.3 is 9.47 Å². The zero-order valence-corrected chi connectivity index (χ0v) is 12.7. The molecule has 0 bridgehead atoms. The van der Waals surface area contributed by atoms with Gasteiger partial charge >= 0.3 is 0 Å². The lowest BCUT2D eigenvalue weighted by Gasteiger charge is -2.12. The van der Waals surface area contributed by atoms with Gasteiger partial charge in [0.1, 0.15) is 11.5 Å². The summed E-state index contributed by atoms with van der Waals surface area (Å²) < 4.78 is 10.6. The van der Waals surface area contributed by atoms with Crippen LogP contribution in [0.5, 0.6) is 11.5 Å². The molecule has 0 aliphatic heterocycles. The number of hydrogen-bond acceptors (Lipinski definition) is 2. The molecule has 1 atom stereocenters. The zero-order chi connectivity index (χ0) is 13.7. The summed E-state index contributed by atoms with van der Waals surface area (Å²) in [5, 5.41) is 0. The van der Waals surface area contributed by atoms with Gasteiger partial charge in [0.05, 0.1) is 18.5 Å². The van der Waals surface area contributed by atoms with Gasteiger partial charge in [-0.3, -0.25) is 0 Å². The molecule has 1 unspecified atom stereocenters. The summed E-state index contributed by atoms with van der Waals surface area (Å²) in [7, 11) is 1.67. The van der Waals surface area contributed by atoms with Crippen LogP contribution in [0.15, 0.2) is 48.5 Å². The van der Waals surface area contributed by atoms with Crippen LogP contribution in [-0.2, 0) is 0 Å². The maximum absolute atomic E-state index is 5.44. The van der Waals surface area contributed by atoms with Gasteiger partial charge in [0.25, 0.3) is 0 Å². The molecule has 0 heterocycles. The van der Waals surface area contributed by atoms with E-state index in [4.69, 9.17) is 9.47 Å². The van der Waals surface area contributed by atoms with E-state index < -0.39 is 0 Å². The van der Waals surface area contributed by atoms with Gasteiger partial charge in [0, 0.05) is 0 Å². The van der Waals surface area contributed by atoms with Gasteiger partial charge in [-0.1, -0.05) is 40.2 Å². The van der Waals surface area contributed by atoms with E-state index in [2.05, 4.69) is 40.2 Å². The molecule has 0 radical (unpaired) electrons. The first-order valence-corrected chi connectivity index (χ1v) is 7.17. The van der Waals surface area contributed by atoms with Crippen LogP contribution in [0.1, 0.15) is 22.9 Å². The fourth-order valence-corrected chi connectivity index (χ4v) is 2.48. The maximum Gasteiger partial charge on any atom is 0.119 e. The Morgan fingerprint density at radius 2 is 1.37 bits per heavy atom. The number of alkyl halides is 1. The first kappa shape index (κ1) is 13.9. The van der Waals surface area contributed by atoms with Crippen LogP contribution in [0.4, 0.5) is 0 Å². The highest BCUT2D eigenvalue weighted by molar-refractivity contribution is 9.09. The van der Waals surface area contributed by atoms with Crippen molar-refractivity contribution in [1.29, 1.82) is 0 Å². The van der Waals surface area contributed by atoms with Crippen LogP contribution in [0, 0.1) is 0 Å². The van der Waals surface area contributed by atoms with E-state index in [0.29, 0.717) is 6.61 Å². The summed E-state index contributed by atoms with van der Waals surface area (Å²) in [5.41, 5.74) is 2.40. The molecule has 100 valence electrons. The molecule has 3 heteroatoms. The highest BCUT2D eigenvalue weighted by Gasteiger charge is 2.10. The summed E-state index contributed by atoms with van der Waals surface area (Å²) in [6, 6.07) is 16.2. The molecular formula is C16H17BrO2. The minimum absolute atomic E-state index is 0.175. The number of ether oxygens (including phenoxy) is 2. The zero-order valence-electron chi connectivity index (χ0n) is 11.1. The molecule has 2 nitrogen and oxygen atoms in total. The van der Waals surface area contributed by atoms with E-state index >= 15 is 0 Å². The number of methoxy groups -OCH3 is 1. The molecule has 2 aromatic carbocycles.